The Bertz CT molecular complexity index is 433. The van der Waals surface area contributed by atoms with Gasteiger partial charge in [0.1, 0.15) is 0 Å². The van der Waals surface area contributed by atoms with E-state index in [9.17, 15) is 0 Å². The molecular formula is C13H17N3. The topological polar surface area (TPSA) is 29.9 Å². The van der Waals surface area contributed by atoms with Crippen LogP contribution >= 0.6 is 0 Å². The highest BCUT2D eigenvalue weighted by atomic mass is 15.3. The molecule has 0 spiro atoms. The molecule has 1 aromatic heterocycles. The number of nitrogens with one attached hydrogen (secondary N) is 1. The van der Waals surface area contributed by atoms with Gasteiger partial charge in [-0.2, -0.15) is 5.10 Å². The van der Waals surface area contributed by atoms with Crippen LogP contribution in [0.2, 0.25) is 0 Å². The summed E-state index contributed by atoms with van der Waals surface area (Å²) in [5.41, 5.74) is 2.36. The molecule has 2 rings (SSSR count). The van der Waals surface area contributed by atoms with E-state index in [1.54, 1.807) is 0 Å². The van der Waals surface area contributed by atoms with Crippen molar-refractivity contribution in [1.82, 2.24) is 15.1 Å². The van der Waals surface area contributed by atoms with Crippen LogP contribution in [0.25, 0.3) is 5.69 Å². The molecule has 0 bridgehead atoms. The summed E-state index contributed by atoms with van der Waals surface area (Å²) in [5, 5.41) is 7.56. The van der Waals surface area contributed by atoms with E-state index in [1.165, 1.54) is 5.56 Å². The first-order valence-electron chi connectivity index (χ1n) is 5.56. The first-order valence-corrected chi connectivity index (χ1v) is 5.56. The molecule has 0 fully saturated rings. The van der Waals surface area contributed by atoms with Gasteiger partial charge in [0.25, 0.3) is 0 Å². The van der Waals surface area contributed by atoms with Gasteiger partial charge >= 0.3 is 0 Å². The van der Waals surface area contributed by atoms with Crippen LogP contribution < -0.4 is 5.32 Å². The maximum atomic E-state index is 4.38. The highest BCUT2D eigenvalue weighted by Crippen LogP contribution is 2.15. The van der Waals surface area contributed by atoms with Gasteiger partial charge in [0, 0.05) is 12.7 Å². The Hall–Kier alpha value is -1.61. The van der Waals surface area contributed by atoms with E-state index in [4.69, 9.17) is 0 Å². The van der Waals surface area contributed by atoms with E-state index < -0.39 is 0 Å². The number of aromatic nitrogens is 2. The van der Waals surface area contributed by atoms with Crippen LogP contribution in [0.5, 0.6) is 0 Å². The molecule has 1 aromatic carbocycles. The van der Waals surface area contributed by atoms with Crippen molar-refractivity contribution in [3.8, 4) is 5.69 Å². The van der Waals surface area contributed by atoms with Crippen molar-refractivity contribution in [2.45, 2.75) is 12.8 Å². The van der Waals surface area contributed by atoms with E-state index in [0.717, 1.165) is 12.2 Å². The van der Waals surface area contributed by atoms with Gasteiger partial charge in [-0.1, -0.05) is 25.1 Å². The minimum Gasteiger partial charge on any atom is -0.319 e. The molecule has 0 amide bonds. The second-order valence-corrected chi connectivity index (χ2v) is 4.01. The number of para-hydroxylation sites is 1. The van der Waals surface area contributed by atoms with Gasteiger partial charge in [-0.05, 0) is 30.7 Å². The van der Waals surface area contributed by atoms with Crippen LogP contribution in [0.15, 0.2) is 42.7 Å². The van der Waals surface area contributed by atoms with Gasteiger partial charge in [-0.3, -0.25) is 0 Å². The van der Waals surface area contributed by atoms with Gasteiger partial charge in [-0.15, -0.1) is 0 Å². The Kier molecular flexibility index (Phi) is 3.37. The third-order valence-corrected chi connectivity index (χ3v) is 2.70. The minimum absolute atomic E-state index is 0.488. The molecule has 1 atom stereocenters. The minimum atomic E-state index is 0.488. The number of nitrogens with zero attached hydrogens (tertiary/aromatic N) is 2. The Balaban J connectivity index is 2.20. The molecule has 0 aliphatic carbocycles. The summed E-state index contributed by atoms with van der Waals surface area (Å²) < 4.78 is 1.92. The van der Waals surface area contributed by atoms with E-state index in [2.05, 4.69) is 35.7 Å². The lowest BCUT2D eigenvalue weighted by Gasteiger charge is -2.06. The summed E-state index contributed by atoms with van der Waals surface area (Å²) in [6.07, 6.45) is 4.03. The Morgan fingerprint density at radius 1 is 1.31 bits per heavy atom. The predicted octanol–water partition coefficient (Wildman–Crippen LogP) is 2.20. The van der Waals surface area contributed by atoms with Crippen molar-refractivity contribution in [3.05, 3.63) is 48.3 Å². The lowest BCUT2D eigenvalue weighted by atomic mass is 10.1. The average Bonchev–Trinajstić information content (AvgIpc) is 2.80. The normalized spacial score (nSPS) is 12.6. The monoisotopic (exact) mass is 215 g/mol. The van der Waals surface area contributed by atoms with Crippen LogP contribution in [0.3, 0.4) is 0 Å². The molecular weight excluding hydrogens is 198 g/mol. The second-order valence-electron chi connectivity index (χ2n) is 4.01. The highest BCUT2D eigenvalue weighted by molar-refractivity contribution is 5.31. The summed E-state index contributed by atoms with van der Waals surface area (Å²) >= 11 is 0. The SMILES string of the molecule is CNCC(C)c1cnn(-c2ccccc2)c1. The number of hydrogen-bond donors (Lipinski definition) is 1. The highest BCUT2D eigenvalue weighted by Gasteiger charge is 2.07. The first kappa shape index (κ1) is 10.9. The van der Waals surface area contributed by atoms with Crippen LogP contribution in [-0.4, -0.2) is 23.4 Å². The summed E-state index contributed by atoms with van der Waals surface area (Å²) in [6.45, 7) is 3.17. The summed E-state index contributed by atoms with van der Waals surface area (Å²) in [5.74, 6) is 0.488. The largest absolute Gasteiger partial charge is 0.319 e. The average molecular weight is 215 g/mol. The number of rotatable bonds is 4. The maximum absolute atomic E-state index is 4.38. The van der Waals surface area contributed by atoms with Crippen molar-refractivity contribution in [3.63, 3.8) is 0 Å². The molecule has 84 valence electrons. The maximum Gasteiger partial charge on any atom is 0.0645 e. The third kappa shape index (κ3) is 2.31. The quantitative estimate of drug-likeness (QED) is 0.847. The molecule has 1 heterocycles. The zero-order valence-electron chi connectivity index (χ0n) is 9.72. The van der Waals surface area contributed by atoms with Crippen LogP contribution in [0, 0.1) is 0 Å². The fourth-order valence-electron chi connectivity index (χ4n) is 1.74. The summed E-state index contributed by atoms with van der Waals surface area (Å²) in [7, 11) is 1.97. The molecule has 0 saturated heterocycles. The summed E-state index contributed by atoms with van der Waals surface area (Å²) in [4.78, 5) is 0. The van der Waals surface area contributed by atoms with E-state index in [-0.39, 0.29) is 0 Å². The predicted molar refractivity (Wildman–Crippen MR) is 65.9 cm³/mol. The lowest BCUT2D eigenvalue weighted by molar-refractivity contribution is 0.677. The van der Waals surface area contributed by atoms with Crippen LogP contribution in [-0.2, 0) is 0 Å². The molecule has 2 aromatic rings. The summed E-state index contributed by atoms with van der Waals surface area (Å²) in [6, 6.07) is 10.2. The van der Waals surface area contributed by atoms with Crippen LogP contribution in [0.1, 0.15) is 18.4 Å². The number of hydrogen-bond acceptors (Lipinski definition) is 2. The Morgan fingerprint density at radius 2 is 2.06 bits per heavy atom. The zero-order valence-corrected chi connectivity index (χ0v) is 9.72. The van der Waals surface area contributed by atoms with Gasteiger partial charge in [-0.25, -0.2) is 4.68 Å². The van der Waals surface area contributed by atoms with Gasteiger partial charge in [0.2, 0.25) is 0 Å². The molecule has 3 nitrogen and oxygen atoms in total. The third-order valence-electron chi connectivity index (χ3n) is 2.70. The van der Waals surface area contributed by atoms with E-state index >= 15 is 0 Å². The molecule has 0 saturated carbocycles. The number of likely N-dealkylation sites (N-methyl/N-ethyl adjacent to an activating group) is 1. The molecule has 1 N–H and O–H groups in total. The van der Waals surface area contributed by atoms with E-state index in [1.807, 2.05) is 36.1 Å². The smallest absolute Gasteiger partial charge is 0.0645 e. The number of benzene rings is 1. The standard InChI is InChI=1S/C13H17N3/c1-11(8-14-2)12-9-15-16(10-12)13-6-4-3-5-7-13/h3-7,9-11,14H,8H2,1-2H3. The van der Waals surface area contributed by atoms with E-state index in [0.29, 0.717) is 5.92 Å². The van der Waals surface area contributed by atoms with Crippen LogP contribution in [0.4, 0.5) is 0 Å². The van der Waals surface area contributed by atoms with Crippen molar-refractivity contribution in [2.75, 3.05) is 13.6 Å². The fourth-order valence-corrected chi connectivity index (χ4v) is 1.74. The van der Waals surface area contributed by atoms with Gasteiger partial charge in [0.15, 0.2) is 0 Å². The lowest BCUT2D eigenvalue weighted by Crippen LogP contribution is -2.14. The van der Waals surface area contributed by atoms with Gasteiger partial charge < -0.3 is 5.32 Å². The molecule has 16 heavy (non-hydrogen) atoms. The zero-order chi connectivity index (χ0) is 11.4. The van der Waals surface area contributed by atoms with Crippen molar-refractivity contribution >= 4 is 0 Å². The van der Waals surface area contributed by atoms with Crippen molar-refractivity contribution in [1.29, 1.82) is 0 Å². The Morgan fingerprint density at radius 3 is 2.75 bits per heavy atom. The first-order chi connectivity index (χ1) is 7.81. The molecule has 0 aliphatic heterocycles. The van der Waals surface area contributed by atoms with Gasteiger partial charge in [0.05, 0.1) is 11.9 Å². The van der Waals surface area contributed by atoms with Crippen molar-refractivity contribution in [2.24, 2.45) is 0 Å². The molecule has 1 unspecified atom stereocenters. The molecule has 0 aliphatic rings. The molecule has 3 heteroatoms. The second kappa shape index (κ2) is 4.94. The van der Waals surface area contributed by atoms with Crippen molar-refractivity contribution < 1.29 is 0 Å². The Labute approximate surface area is 96.1 Å². The fraction of sp³-hybridized carbons (Fsp3) is 0.308. The molecule has 0 radical (unpaired) electrons.